The van der Waals surface area contributed by atoms with Crippen molar-refractivity contribution in [1.82, 2.24) is 5.32 Å². The number of ether oxygens (including phenoxy) is 1. The quantitative estimate of drug-likeness (QED) is 0.933. The average Bonchev–Trinajstić information content (AvgIpc) is 3.23. The highest BCUT2D eigenvalue weighted by Crippen LogP contribution is 2.39. The van der Waals surface area contributed by atoms with Crippen LogP contribution in [0.4, 0.5) is 4.39 Å². The molecule has 2 bridgehead atoms. The molecule has 124 valence electrons. The van der Waals surface area contributed by atoms with Gasteiger partial charge < -0.3 is 10.1 Å². The first-order valence-electron chi connectivity index (χ1n) is 8.47. The van der Waals surface area contributed by atoms with Crippen molar-refractivity contribution in [2.45, 2.75) is 37.5 Å². The van der Waals surface area contributed by atoms with Gasteiger partial charge in [0.15, 0.2) is 0 Å². The number of rotatable bonds is 4. The molecule has 4 heteroatoms. The second kappa shape index (κ2) is 6.36. The van der Waals surface area contributed by atoms with Gasteiger partial charge in [0, 0.05) is 0 Å². The molecule has 2 fully saturated rings. The van der Waals surface area contributed by atoms with Crippen LogP contribution in [-0.2, 0) is 9.53 Å². The number of halogens is 1. The van der Waals surface area contributed by atoms with Gasteiger partial charge in [-0.3, -0.25) is 4.79 Å². The van der Waals surface area contributed by atoms with Crippen molar-refractivity contribution in [2.75, 3.05) is 0 Å². The van der Waals surface area contributed by atoms with Crippen molar-refractivity contribution in [3.8, 4) is 0 Å². The zero-order valence-electron chi connectivity index (χ0n) is 13.3. The molecule has 2 saturated heterocycles. The molecule has 2 heterocycles. The Hall–Kier alpha value is -2.20. The fourth-order valence-corrected chi connectivity index (χ4v) is 3.85. The number of hydrogen-bond donors (Lipinski definition) is 1. The minimum atomic E-state index is -0.353. The Bertz CT molecular complexity index is 733. The van der Waals surface area contributed by atoms with E-state index in [0.29, 0.717) is 0 Å². The van der Waals surface area contributed by atoms with E-state index in [2.05, 4.69) is 5.32 Å². The lowest BCUT2D eigenvalue weighted by atomic mass is 9.88. The Morgan fingerprint density at radius 2 is 1.88 bits per heavy atom. The average molecular weight is 325 g/mol. The van der Waals surface area contributed by atoms with Crippen LogP contribution in [0.25, 0.3) is 0 Å². The Kier molecular flexibility index (Phi) is 4.07. The van der Waals surface area contributed by atoms with E-state index in [-0.39, 0.29) is 35.9 Å². The predicted octanol–water partition coefficient (Wildman–Crippen LogP) is 3.60. The summed E-state index contributed by atoms with van der Waals surface area (Å²) in [7, 11) is 0. The summed E-state index contributed by atoms with van der Waals surface area (Å²) < 4.78 is 19.5. The van der Waals surface area contributed by atoms with Crippen LogP contribution in [0.3, 0.4) is 0 Å². The Labute approximate surface area is 140 Å². The summed E-state index contributed by atoms with van der Waals surface area (Å²) in [6.45, 7) is 0. The van der Waals surface area contributed by atoms with E-state index in [9.17, 15) is 9.18 Å². The van der Waals surface area contributed by atoms with E-state index < -0.39 is 0 Å². The molecule has 1 N–H and O–H groups in total. The summed E-state index contributed by atoms with van der Waals surface area (Å²) >= 11 is 0. The second-order valence-corrected chi connectivity index (χ2v) is 6.62. The Morgan fingerprint density at radius 3 is 2.54 bits per heavy atom. The minimum Gasteiger partial charge on any atom is -0.374 e. The molecule has 0 aromatic heterocycles. The number of carbonyl (C=O) groups excluding carboxylic acids is 1. The van der Waals surface area contributed by atoms with Crippen LogP contribution in [0.15, 0.2) is 54.6 Å². The third kappa shape index (κ3) is 2.94. The van der Waals surface area contributed by atoms with E-state index in [4.69, 9.17) is 4.74 Å². The van der Waals surface area contributed by atoms with Crippen molar-refractivity contribution in [1.29, 1.82) is 0 Å². The number of fused-ring (bicyclic) bond motifs is 2. The number of amides is 1. The van der Waals surface area contributed by atoms with Crippen molar-refractivity contribution in [2.24, 2.45) is 5.92 Å². The highest BCUT2D eigenvalue weighted by atomic mass is 19.1. The van der Waals surface area contributed by atoms with Gasteiger partial charge >= 0.3 is 0 Å². The van der Waals surface area contributed by atoms with Crippen molar-refractivity contribution in [3.05, 3.63) is 71.5 Å². The Balaban J connectivity index is 1.60. The summed E-state index contributed by atoms with van der Waals surface area (Å²) in [6, 6.07) is 15.7. The number of nitrogens with one attached hydrogen (secondary N) is 1. The first kappa shape index (κ1) is 15.3. The lowest BCUT2D eigenvalue weighted by Gasteiger charge is -2.24. The van der Waals surface area contributed by atoms with Crippen LogP contribution in [0.1, 0.15) is 36.4 Å². The molecule has 4 rings (SSSR count). The van der Waals surface area contributed by atoms with Gasteiger partial charge in [0.25, 0.3) is 0 Å². The lowest BCUT2D eigenvalue weighted by Crippen LogP contribution is -2.38. The van der Waals surface area contributed by atoms with Crippen LogP contribution in [-0.4, -0.2) is 18.1 Å². The summed E-state index contributed by atoms with van der Waals surface area (Å²) in [4.78, 5) is 12.8. The fourth-order valence-electron chi connectivity index (χ4n) is 3.85. The zero-order valence-corrected chi connectivity index (χ0v) is 13.3. The van der Waals surface area contributed by atoms with Gasteiger partial charge in [0.05, 0.1) is 24.2 Å². The summed E-state index contributed by atoms with van der Waals surface area (Å²) in [5.74, 6) is -0.394. The first-order valence-corrected chi connectivity index (χ1v) is 8.47. The van der Waals surface area contributed by atoms with Crippen molar-refractivity contribution < 1.29 is 13.9 Å². The molecule has 24 heavy (non-hydrogen) atoms. The van der Waals surface area contributed by atoms with Gasteiger partial charge in [-0.05, 0) is 42.5 Å². The predicted molar refractivity (Wildman–Crippen MR) is 88.8 cm³/mol. The summed E-state index contributed by atoms with van der Waals surface area (Å²) in [5.41, 5.74) is 1.69. The van der Waals surface area contributed by atoms with E-state index in [1.165, 1.54) is 12.1 Å². The summed E-state index contributed by atoms with van der Waals surface area (Å²) in [5, 5.41) is 3.12. The second-order valence-electron chi connectivity index (χ2n) is 6.62. The van der Waals surface area contributed by atoms with Crippen LogP contribution in [0.2, 0.25) is 0 Å². The molecule has 4 unspecified atom stereocenters. The smallest absolute Gasteiger partial charge is 0.226 e. The Morgan fingerprint density at radius 1 is 1.08 bits per heavy atom. The molecule has 1 amide bonds. The van der Waals surface area contributed by atoms with Gasteiger partial charge in [0.1, 0.15) is 5.82 Å². The third-order valence-electron chi connectivity index (χ3n) is 5.04. The number of benzene rings is 2. The molecular formula is C20H20FNO2. The van der Waals surface area contributed by atoms with Gasteiger partial charge in [-0.25, -0.2) is 4.39 Å². The van der Waals surface area contributed by atoms with Crippen molar-refractivity contribution in [3.63, 3.8) is 0 Å². The fraction of sp³-hybridized carbons (Fsp3) is 0.350. The van der Waals surface area contributed by atoms with Gasteiger partial charge in [0.2, 0.25) is 5.91 Å². The van der Waals surface area contributed by atoms with E-state index in [0.717, 1.165) is 30.4 Å². The molecule has 2 aliphatic rings. The minimum absolute atomic E-state index is 0.000291. The normalized spacial score (nSPS) is 26.3. The maximum atomic E-state index is 13.7. The van der Waals surface area contributed by atoms with Crippen LogP contribution < -0.4 is 5.32 Å². The van der Waals surface area contributed by atoms with Crippen LogP contribution in [0.5, 0.6) is 0 Å². The van der Waals surface area contributed by atoms with Crippen molar-refractivity contribution >= 4 is 5.91 Å². The molecule has 0 aliphatic carbocycles. The van der Waals surface area contributed by atoms with Gasteiger partial charge in [-0.1, -0.05) is 42.5 Å². The highest BCUT2D eigenvalue weighted by Gasteiger charge is 2.44. The molecule has 3 nitrogen and oxygen atoms in total. The SMILES string of the molecule is O=C(NC(c1ccccc1)c1cccc(F)c1)C1CC2CCC1O2. The molecule has 2 aromatic rings. The van der Waals surface area contributed by atoms with E-state index in [1.807, 2.05) is 36.4 Å². The van der Waals surface area contributed by atoms with Crippen LogP contribution in [0, 0.1) is 11.7 Å². The van der Waals surface area contributed by atoms with E-state index >= 15 is 0 Å². The largest absolute Gasteiger partial charge is 0.374 e. The maximum Gasteiger partial charge on any atom is 0.226 e. The van der Waals surface area contributed by atoms with Crippen LogP contribution >= 0.6 is 0 Å². The van der Waals surface area contributed by atoms with Gasteiger partial charge in [-0.2, -0.15) is 0 Å². The lowest BCUT2D eigenvalue weighted by molar-refractivity contribution is -0.127. The summed E-state index contributed by atoms with van der Waals surface area (Å²) in [6.07, 6.45) is 3.08. The molecular weight excluding hydrogens is 305 g/mol. The molecule has 0 spiro atoms. The third-order valence-corrected chi connectivity index (χ3v) is 5.04. The number of hydrogen-bond acceptors (Lipinski definition) is 2. The monoisotopic (exact) mass is 325 g/mol. The standard InChI is InChI=1S/C20H20FNO2/c21-15-8-4-7-14(11-15)19(13-5-2-1-3-6-13)22-20(23)17-12-16-9-10-18(17)24-16/h1-8,11,16-19H,9-10,12H2,(H,22,23). The molecule has 2 aromatic carbocycles. The maximum absolute atomic E-state index is 13.7. The first-order chi connectivity index (χ1) is 11.7. The van der Waals surface area contributed by atoms with E-state index in [1.54, 1.807) is 6.07 Å². The molecule has 4 atom stereocenters. The molecule has 2 aliphatic heterocycles. The van der Waals surface area contributed by atoms with Gasteiger partial charge in [-0.15, -0.1) is 0 Å². The molecule has 0 radical (unpaired) electrons. The topological polar surface area (TPSA) is 38.3 Å². The highest BCUT2D eigenvalue weighted by molar-refractivity contribution is 5.80. The molecule has 0 saturated carbocycles. The number of carbonyl (C=O) groups is 1. The zero-order chi connectivity index (χ0) is 16.5.